The van der Waals surface area contributed by atoms with E-state index in [-0.39, 0.29) is 31.3 Å². The molecule has 0 atom stereocenters. The average molecular weight is 749 g/mol. The molecule has 0 aromatic heterocycles. The lowest BCUT2D eigenvalue weighted by Crippen LogP contribution is -2.11. The first-order chi connectivity index (χ1) is 21.1. The summed E-state index contributed by atoms with van der Waals surface area (Å²) >= 11 is -4.28. The summed E-state index contributed by atoms with van der Waals surface area (Å²) in [5, 5.41) is 0. The van der Waals surface area contributed by atoms with Crippen LogP contribution in [-0.4, -0.2) is 13.0 Å². The molecule has 0 aliphatic rings. The maximum Gasteiger partial charge on any atom is 0.341 e. The van der Waals surface area contributed by atoms with Gasteiger partial charge in [0.05, 0.1) is 8.47 Å². The summed E-state index contributed by atoms with van der Waals surface area (Å²) in [7, 11) is -4.69. The monoisotopic (exact) mass is 748 g/mol. The average Bonchev–Trinajstić information content (AvgIpc) is 2.96. The first kappa shape index (κ1) is 37.4. The van der Waals surface area contributed by atoms with E-state index < -0.39 is 29.9 Å². The second kappa shape index (κ2) is 16.1. The van der Waals surface area contributed by atoms with Gasteiger partial charge >= 0.3 is 19.8 Å². The predicted molar refractivity (Wildman–Crippen MR) is 194 cm³/mol. The van der Waals surface area contributed by atoms with Crippen LogP contribution in [0.25, 0.3) is 22.3 Å². The van der Waals surface area contributed by atoms with Gasteiger partial charge in [-0.2, -0.15) is 8.42 Å². The molecule has 0 unspecified atom stereocenters. The molecule has 3 aromatic carbocycles. The minimum atomic E-state index is -4.69. The largest absolute Gasteiger partial charge is 0.341 e. The van der Waals surface area contributed by atoms with Crippen LogP contribution in [0.1, 0.15) is 129 Å². The van der Waals surface area contributed by atoms with Crippen LogP contribution in [0, 0.1) is 3.57 Å². The smallest absolute Gasteiger partial charge is 0.282 e. The zero-order chi connectivity index (χ0) is 33.4. The molecule has 0 heterocycles. The van der Waals surface area contributed by atoms with Crippen molar-refractivity contribution in [3.05, 3.63) is 74.9 Å². The Morgan fingerprint density at radius 1 is 0.644 bits per heavy atom. The molecular weight excluding hydrogens is 695 g/mol. The van der Waals surface area contributed by atoms with Crippen molar-refractivity contribution in [2.75, 3.05) is 0 Å². The molecule has 0 saturated heterocycles. The lowest BCUT2D eigenvalue weighted by Gasteiger charge is -2.22. The van der Waals surface area contributed by atoms with E-state index in [4.69, 9.17) is 0 Å². The molecule has 0 fully saturated rings. The van der Waals surface area contributed by atoms with Crippen molar-refractivity contribution in [3.63, 3.8) is 0 Å². The summed E-state index contributed by atoms with van der Waals surface area (Å²) in [6.45, 7) is 14.9. The Morgan fingerprint density at radius 3 is 1.47 bits per heavy atom. The summed E-state index contributed by atoms with van der Waals surface area (Å²) in [6.07, 6.45) is 11.4. The van der Waals surface area contributed by atoms with Gasteiger partial charge in [0, 0.05) is 5.56 Å². The van der Waals surface area contributed by atoms with Gasteiger partial charge in [0.25, 0.3) is 10.1 Å². The topological polar surface area (TPSA) is 88.5 Å². The Bertz CT molecular complexity index is 1580. The third-order valence-corrected chi connectivity index (χ3v) is 11.6. The van der Waals surface area contributed by atoms with Crippen molar-refractivity contribution in [2.45, 2.75) is 135 Å². The van der Waals surface area contributed by atoms with Gasteiger partial charge in [-0.05, 0) is 63.1 Å². The highest BCUT2D eigenvalue weighted by atomic mass is 127. The van der Waals surface area contributed by atoms with Gasteiger partial charge in [0.15, 0.2) is 0 Å². The van der Waals surface area contributed by atoms with Gasteiger partial charge in [-0.3, -0.25) is 4.55 Å². The number of hydrogen-bond acceptors (Lipinski definition) is 4. The molecule has 3 rings (SSSR count). The Balaban J connectivity index is 2.11. The van der Waals surface area contributed by atoms with Crippen LogP contribution in [0.15, 0.2) is 59.5 Å². The van der Waals surface area contributed by atoms with Gasteiger partial charge < -0.3 is 0 Å². The first-order valence-corrected chi connectivity index (χ1v) is 20.8. The SMILES string of the molecule is CCCCCCCCCCCCc1c(S(=O)(=O)O)cc(-c2ccc(C(C)(C)C)cc2)c(-c2ccc(C(C)(C)C)cc2)c1I(=O)=O. The molecule has 1 N–H and O–H groups in total. The molecule has 248 valence electrons. The normalized spacial score (nSPS) is 12.6. The lowest BCUT2D eigenvalue weighted by molar-refractivity contribution is 0.481. The minimum Gasteiger partial charge on any atom is -0.282 e. The van der Waals surface area contributed by atoms with Crippen LogP contribution < -0.4 is 0 Å². The predicted octanol–water partition coefficient (Wildman–Crippen LogP) is 11.7. The second-order valence-electron chi connectivity index (χ2n) is 14.4. The van der Waals surface area contributed by atoms with Crippen molar-refractivity contribution in [1.29, 1.82) is 0 Å². The summed E-state index contributed by atoms with van der Waals surface area (Å²) in [6, 6.07) is 17.2. The molecule has 0 spiro atoms. The summed E-state index contributed by atoms with van der Waals surface area (Å²) in [5.41, 5.74) is 4.69. The summed E-state index contributed by atoms with van der Waals surface area (Å²) in [5.74, 6) is 0. The van der Waals surface area contributed by atoms with E-state index >= 15 is 0 Å². The van der Waals surface area contributed by atoms with E-state index in [1.807, 2.05) is 48.5 Å². The molecule has 0 aliphatic carbocycles. The lowest BCUT2D eigenvalue weighted by atomic mass is 9.84. The molecule has 3 aromatic rings. The van der Waals surface area contributed by atoms with Crippen LogP contribution in [0.2, 0.25) is 0 Å². The highest BCUT2D eigenvalue weighted by Gasteiger charge is 2.28. The van der Waals surface area contributed by atoms with Crippen LogP contribution in [0.4, 0.5) is 0 Å². The number of hydrogen-bond donors (Lipinski definition) is 1. The number of benzene rings is 3. The van der Waals surface area contributed by atoms with E-state index in [0.29, 0.717) is 28.7 Å². The van der Waals surface area contributed by atoms with E-state index in [0.717, 1.165) is 30.4 Å². The molecule has 7 heteroatoms. The van der Waals surface area contributed by atoms with E-state index in [9.17, 15) is 19.1 Å². The Labute approximate surface area is 279 Å². The minimum absolute atomic E-state index is 0.0728. The van der Waals surface area contributed by atoms with Gasteiger partial charge in [0.2, 0.25) is 0 Å². The standard InChI is InChI=1S/C38H53IO5S/c1-8-9-10-11-12-13-14-15-16-17-18-32-34(45(42,43)44)27-33(28-19-23-30(24-20-28)37(2,3)4)35(36(32)39(40)41)29-21-25-31(26-22-29)38(5,6)7/h19-27H,8-18H2,1-7H3,(H,42,43,44). The zero-order valence-electron chi connectivity index (χ0n) is 28.3. The fraction of sp³-hybridized carbons (Fsp3) is 0.526. The van der Waals surface area contributed by atoms with Crippen LogP contribution in [0.5, 0.6) is 0 Å². The molecule has 0 aliphatic heterocycles. The molecule has 0 saturated carbocycles. The highest BCUT2D eigenvalue weighted by molar-refractivity contribution is 14.2. The van der Waals surface area contributed by atoms with Crippen molar-refractivity contribution < 1.29 is 19.1 Å². The highest BCUT2D eigenvalue weighted by Crippen LogP contribution is 2.44. The molecule has 0 radical (unpaired) electrons. The summed E-state index contributed by atoms with van der Waals surface area (Å²) < 4.78 is 62.7. The first-order valence-electron chi connectivity index (χ1n) is 16.5. The van der Waals surface area contributed by atoms with Gasteiger partial charge in [-0.25, -0.2) is 6.14 Å². The third kappa shape index (κ3) is 10.4. The third-order valence-electron chi connectivity index (χ3n) is 8.64. The number of rotatable bonds is 15. The molecule has 45 heavy (non-hydrogen) atoms. The fourth-order valence-corrected chi connectivity index (χ4v) is 8.99. The van der Waals surface area contributed by atoms with Crippen LogP contribution in [0.3, 0.4) is 0 Å². The maximum absolute atomic E-state index is 13.2. The Morgan fingerprint density at radius 2 is 1.07 bits per heavy atom. The van der Waals surface area contributed by atoms with E-state index in [1.165, 1.54) is 44.6 Å². The fourth-order valence-electron chi connectivity index (χ4n) is 5.89. The van der Waals surface area contributed by atoms with Crippen molar-refractivity contribution in [2.24, 2.45) is 0 Å². The summed E-state index contributed by atoms with van der Waals surface area (Å²) in [4.78, 5) is -0.299. The van der Waals surface area contributed by atoms with Crippen molar-refractivity contribution in [3.8, 4) is 22.3 Å². The van der Waals surface area contributed by atoms with Gasteiger partial charge in [-0.1, -0.05) is 155 Å². The van der Waals surface area contributed by atoms with Crippen LogP contribution >= 0.6 is 19.8 Å². The van der Waals surface area contributed by atoms with Gasteiger partial charge in [0.1, 0.15) is 0 Å². The Hall–Kier alpha value is -2.10. The molecular formula is C38H53IO5S. The van der Waals surface area contributed by atoms with Crippen molar-refractivity contribution >= 4 is 29.9 Å². The molecule has 5 nitrogen and oxygen atoms in total. The molecule has 0 bridgehead atoms. The second-order valence-corrected chi connectivity index (χ2v) is 18.1. The quantitative estimate of drug-likeness (QED) is 0.0950. The van der Waals surface area contributed by atoms with Crippen molar-refractivity contribution in [1.82, 2.24) is 0 Å². The number of halogens is 1. The van der Waals surface area contributed by atoms with Gasteiger partial charge in [-0.15, -0.1) is 0 Å². The molecule has 0 amide bonds. The Kier molecular flexibility index (Phi) is 13.4. The van der Waals surface area contributed by atoms with Crippen LogP contribution in [-0.2, 0) is 33.5 Å². The van der Waals surface area contributed by atoms with E-state index in [1.54, 1.807) is 0 Å². The number of unbranched alkanes of at least 4 members (excludes halogenated alkanes) is 9. The maximum atomic E-state index is 13.2. The zero-order valence-corrected chi connectivity index (χ0v) is 31.3. The van der Waals surface area contributed by atoms with E-state index in [2.05, 4.69) is 48.5 Å².